The molecule has 0 bridgehead atoms. The number of anilines is 1. The molecular weight excluding hydrogens is 460 g/mol. The number of nitrogens with one attached hydrogen (secondary N) is 1. The molecule has 5 rings (SSSR count). The quantitative estimate of drug-likeness (QED) is 0.410. The van der Waals surface area contributed by atoms with E-state index in [4.69, 9.17) is 15.7 Å². The second-order valence-corrected chi connectivity index (χ2v) is 8.20. The lowest BCUT2D eigenvalue weighted by molar-refractivity contribution is 0.0546. The van der Waals surface area contributed by atoms with Crippen LogP contribution in [0.2, 0.25) is 0 Å². The third kappa shape index (κ3) is 4.45. The van der Waals surface area contributed by atoms with E-state index < -0.39 is 12.6 Å². The lowest BCUT2D eigenvalue weighted by atomic mass is 9.80. The van der Waals surface area contributed by atoms with Gasteiger partial charge in [0.1, 0.15) is 11.8 Å². The van der Waals surface area contributed by atoms with Gasteiger partial charge in [-0.25, -0.2) is 9.31 Å². The number of halogens is 2. The zero-order valence-corrected chi connectivity index (χ0v) is 18.2. The van der Waals surface area contributed by atoms with Gasteiger partial charge in [-0.05, 0) is 43.0 Å². The normalized spacial score (nSPS) is 17.2. The molecular formula is C22H19F2N9O2. The number of rotatable bonds is 7. The third-order valence-electron chi connectivity index (χ3n) is 5.84. The van der Waals surface area contributed by atoms with Crippen molar-refractivity contribution in [2.24, 2.45) is 11.7 Å². The number of amides is 1. The van der Waals surface area contributed by atoms with Crippen LogP contribution in [-0.2, 0) is 4.74 Å². The summed E-state index contributed by atoms with van der Waals surface area (Å²) in [6.07, 6.45) is 4.84. The molecule has 0 aliphatic heterocycles. The summed E-state index contributed by atoms with van der Waals surface area (Å²) in [6.45, 7) is -2.56. The zero-order valence-electron chi connectivity index (χ0n) is 18.2. The Morgan fingerprint density at radius 1 is 1.29 bits per heavy atom. The number of nitrogens with zero attached hydrogens (tertiary/aromatic N) is 7. The van der Waals surface area contributed by atoms with Gasteiger partial charge < -0.3 is 15.8 Å². The number of aromatic nitrogens is 6. The highest BCUT2D eigenvalue weighted by Crippen LogP contribution is 2.36. The molecule has 0 spiro atoms. The fourth-order valence-corrected chi connectivity index (χ4v) is 4.08. The van der Waals surface area contributed by atoms with E-state index in [9.17, 15) is 13.6 Å². The monoisotopic (exact) mass is 479 g/mol. The smallest absolute Gasteiger partial charge is 0.404 e. The van der Waals surface area contributed by atoms with Crippen LogP contribution < -0.4 is 11.1 Å². The van der Waals surface area contributed by atoms with Gasteiger partial charge in [0.15, 0.2) is 0 Å². The van der Waals surface area contributed by atoms with E-state index in [1.165, 1.54) is 6.20 Å². The van der Waals surface area contributed by atoms with Crippen LogP contribution in [0.1, 0.15) is 25.0 Å². The molecule has 1 aliphatic rings. The number of primary amides is 1. The Morgan fingerprint density at radius 2 is 2.11 bits per heavy atom. The van der Waals surface area contributed by atoms with Crippen LogP contribution in [0.25, 0.3) is 28.2 Å². The molecule has 0 atom stereocenters. The van der Waals surface area contributed by atoms with Crippen molar-refractivity contribution in [2.75, 3.05) is 11.9 Å². The van der Waals surface area contributed by atoms with Crippen molar-refractivity contribution >= 4 is 17.3 Å². The molecule has 1 fully saturated rings. The van der Waals surface area contributed by atoms with E-state index in [0.29, 0.717) is 32.9 Å². The van der Waals surface area contributed by atoms with E-state index in [1.807, 2.05) is 12.1 Å². The fourth-order valence-electron chi connectivity index (χ4n) is 4.08. The third-order valence-corrected chi connectivity index (χ3v) is 5.84. The van der Waals surface area contributed by atoms with Crippen molar-refractivity contribution in [1.82, 2.24) is 29.6 Å². The fraction of sp³-hybridized carbons (Fsp3) is 0.273. The molecule has 35 heavy (non-hydrogen) atoms. The van der Waals surface area contributed by atoms with E-state index in [-0.39, 0.29) is 24.3 Å². The van der Waals surface area contributed by atoms with Gasteiger partial charge in [0.05, 0.1) is 41.5 Å². The van der Waals surface area contributed by atoms with Crippen molar-refractivity contribution in [2.45, 2.75) is 25.4 Å². The molecule has 4 heterocycles. The number of alkyl halides is 2. The molecule has 4 aromatic rings. The number of hydrogen-bond donors (Lipinski definition) is 2. The average molecular weight is 479 g/mol. The van der Waals surface area contributed by atoms with Gasteiger partial charge in [-0.15, -0.1) is 5.10 Å². The van der Waals surface area contributed by atoms with Crippen molar-refractivity contribution in [3.8, 4) is 28.7 Å². The van der Waals surface area contributed by atoms with Crippen molar-refractivity contribution in [3.63, 3.8) is 0 Å². The van der Waals surface area contributed by atoms with Crippen molar-refractivity contribution in [1.29, 1.82) is 5.26 Å². The number of nitrogens with two attached hydrogens (primary N) is 1. The summed E-state index contributed by atoms with van der Waals surface area (Å²) >= 11 is 0. The van der Waals surface area contributed by atoms with Crippen LogP contribution in [-0.4, -0.2) is 48.3 Å². The van der Waals surface area contributed by atoms with E-state index >= 15 is 0 Å². The largest absolute Gasteiger partial charge is 0.449 e. The molecule has 11 nitrogen and oxygen atoms in total. The highest BCUT2D eigenvalue weighted by atomic mass is 19.3. The lowest BCUT2D eigenvalue weighted by Gasteiger charge is -2.36. The molecule has 3 N–H and O–H groups in total. The number of fused-ring (bicyclic) bond motifs is 1. The number of nitriles is 1. The van der Waals surface area contributed by atoms with E-state index in [2.05, 4.69) is 31.8 Å². The molecule has 0 saturated heterocycles. The molecule has 1 amide bonds. The number of hydrogen-bond acceptors (Lipinski definition) is 8. The number of ether oxygens (including phenoxy) is 1. The van der Waals surface area contributed by atoms with Crippen LogP contribution in [0.5, 0.6) is 0 Å². The van der Waals surface area contributed by atoms with Crippen molar-refractivity contribution in [3.05, 3.63) is 48.4 Å². The summed E-state index contributed by atoms with van der Waals surface area (Å²) in [4.78, 5) is 15.4. The Labute approximate surface area is 197 Å². The molecule has 4 aromatic heterocycles. The first-order chi connectivity index (χ1) is 16.9. The van der Waals surface area contributed by atoms with Crippen LogP contribution in [0, 0.1) is 17.2 Å². The van der Waals surface area contributed by atoms with Crippen LogP contribution in [0.3, 0.4) is 0 Å². The molecule has 13 heteroatoms. The second kappa shape index (κ2) is 8.98. The Morgan fingerprint density at radius 3 is 2.83 bits per heavy atom. The first kappa shape index (κ1) is 22.2. The summed E-state index contributed by atoms with van der Waals surface area (Å²) in [5.41, 5.74) is 8.87. The summed E-state index contributed by atoms with van der Waals surface area (Å²) in [5.74, 6) is 0.178. The maximum Gasteiger partial charge on any atom is 0.404 e. The highest BCUT2D eigenvalue weighted by Gasteiger charge is 2.31. The Kier molecular flexibility index (Phi) is 5.69. The van der Waals surface area contributed by atoms with Gasteiger partial charge >= 0.3 is 12.6 Å². The molecule has 178 valence electrons. The molecule has 1 aliphatic carbocycles. The highest BCUT2D eigenvalue weighted by molar-refractivity contribution is 5.79. The van der Waals surface area contributed by atoms with Gasteiger partial charge in [0.2, 0.25) is 0 Å². The molecule has 0 aromatic carbocycles. The van der Waals surface area contributed by atoms with Crippen molar-refractivity contribution < 1.29 is 18.3 Å². The van der Waals surface area contributed by atoms with Gasteiger partial charge in [0.25, 0.3) is 0 Å². The SMILES string of the molecule is N#Cc1cnn2c(-c3cc(N[C@H]4C[C@H](COC(N)=O)C4)c(-c4cn(C(F)F)nn4)cn3)ccc2c1. The van der Waals surface area contributed by atoms with E-state index in [0.717, 1.165) is 24.6 Å². The summed E-state index contributed by atoms with van der Waals surface area (Å²) < 4.78 is 33.1. The van der Waals surface area contributed by atoms with Gasteiger partial charge in [-0.3, -0.25) is 4.98 Å². The summed E-state index contributed by atoms with van der Waals surface area (Å²) in [5, 5.41) is 24.2. The predicted octanol–water partition coefficient (Wildman–Crippen LogP) is 3.21. The topological polar surface area (TPSA) is 149 Å². The van der Waals surface area contributed by atoms with E-state index in [1.54, 1.807) is 22.8 Å². The minimum Gasteiger partial charge on any atom is -0.449 e. The number of carbonyl (C=O) groups is 1. The summed E-state index contributed by atoms with van der Waals surface area (Å²) in [7, 11) is 0. The minimum absolute atomic E-state index is 0.0657. The maximum atomic E-state index is 13.0. The summed E-state index contributed by atoms with van der Waals surface area (Å²) in [6, 6.07) is 9.31. The van der Waals surface area contributed by atoms with Crippen LogP contribution in [0.15, 0.2) is 42.9 Å². The number of pyridine rings is 1. The van der Waals surface area contributed by atoms with Gasteiger partial charge in [-0.2, -0.15) is 23.8 Å². The lowest BCUT2D eigenvalue weighted by Crippen LogP contribution is -2.38. The Hall–Kier alpha value is -4.60. The first-order valence-corrected chi connectivity index (χ1v) is 10.7. The van der Waals surface area contributed by atoms with Gasteiger partial charge in [0, 0.05) is 23.5 Å². The Bertz CT molecular complexity index is 1440. The maximum absolute atomic E-state index is 13.0. The molecule has 0 unspecified atom stereocenters. The molecule has 1 saturated carbocycles. The Balaban J connectivity index is 1.46. The minimum atomic E-state index is -2.81. The second-order valence-electron chi connectivity index (χ2n) is 8.20. The molecule has 0 radical (unpaired) electrons. The van der Waals surface area contributed by atoms with Crippen LogP contribution in [0.4, 0.5) is 19.3 Å². The predicted molar refractivity (Wildman–Crippen MR) is 119 cm³/mol. The van der Waals surface area contributed by atoms with Crippen LogP contribution >= 0.6 is 0 Å². The first-order valence-electron chi connectivity index (χ1n) is 10.7. The standard InChI is InChI=1S/C22H19F2N9O2/c23-21(24)32-10-19(30-31-32)16-9-27-18(20-2-1-15-5-13(7-25)8-28-33(15)20)6-17(16)29-14-3-12(4-14)11-35-22(26)34/h1-2,5-6,8-10,12,14,21H,3-4,11H2,(H2,26,34)(H,27,29)/t12-,14-. The van der Waals surface area contributed by atoms with Gasteiger partial charge in [-0.1, -0.05) is 5.21 Å². The average Bonchev–Trinajstić information content (AvgIpc) is 3.47. The zero-order chi connectivity index (χ0) is 24.5. The number of carbonyl (C=O) groups excluding carboxylic acids is 1.